The Morgan fingerprint density at radius 3 is 2.86 bits per heavy atom. The fourth-order valence-corrected chi connectivity index (χ4v) is 2.32. The SMILES string of the molecule is Nc1cccc(-c2nccn2-c2ccn3nccc3n2)c1. The Morgan fingerprint density at radius 2 is 1.95 bits per heavy atom. The zero-order valence-electron chi connectivity index (χ0n) is 11.1. The van der Waals surface area contributed by atoms with Crippen molar-refractivity contribution in [1.82, 2.24) is 24.1 Å². The van der Waals surface area contributed by atoms with Crippen LogP contribution in [0.5, 0.6) is 0 Å². The highest BCUT2D eigenvalue weighted by molar-refractivity contribution is 5.63. The van der Waals surface area contributed by atoms with Gasteiger partial charge in [-0.3, -0.25) is 4.57 Å². The predicted molar refractivity (Wildman–Crippen MR) is 80.0 cm³/mol. The molecule has 0 atom stereocenters. The van der Waals surface area contributed by atoms with Crippen molar-refractivity contribution in [3.63, 3.8) is 0 Å². The second-order valence-corrected chi connectivity index (χ2v) is 4.67. The van der Waals surface area contributed by atoms with Gasteiger partial charge in [0.2, 0.25) is 0 Å². The molecule has 3 aromatic heterocycles. The maximum Gasteiger partial charge on any atom is 0.157 e. The second kappa shape index (κ2) is 4.45. The number of nitrogen functional groups attached to an aromatic ring is 1. The number of hydrogen-bond donors (Lipinski definition) is 1. The lowest BCUT2D eigenvalue weighted by atomic mass is 10.2. The molecule has 0 unspecified atom stereocenters. The molecule has 4 aromatic rings. The molecular formula is C15H12N6. The van der Waals surface area contributed by atoms with E-state index in [-0.39, 0.29) is 0 Å². The summed E-state index contributed by atoms with van der Waals surface area (Å²) in [6, 6.07) is 11.4. The van der Waals surface area contributed by atoms with Gasteiger partial charge in [0.25, 0.3) is 0 Å². The van der Waals surface area contributed by atoms with Gasteiger partial charge in [0, 0.05) is 35.9 Å². The normalized spacial score (nSPS) is 11.0. The van der Waals surface area contributed by atoms with Crippen molar-refractivity contribution in [2.24, 2.45) is 0 Å². The average Bonchev–Trinajstić information content (AvgIpc) is 3.15. The topological polar surface area (TPSA) is 74.0 Å². The van der Waals surface area contributed by atoms with Gasteiger partial charge in [-0.1, -0.05) is 12.1 Å². The predicted octanol–water partition coefficient (Wildman–Crippen LogP) is 2.16. The van der Waals surface area contributed by atoms with Gasteiger partial charge in [-0.05, 0) is 18.2 Å². The number of fused-ring (bicyclic) bond motifs is 1. The van der Waals surface area contributed by atoms with Gasteiger partial charge < -0.3 is 5.73 Å². The first-order valence-electron chi connectivity index (χ1n) is 6.51. The van der Waals surface area contributed by atoms with E-state index in [2.05, 4.69) is 15.1 Å². The number of rotatable bonds is 2. The van der Waals surface area contributed by atoms with Gasteiger partial charge in [-0.2, -0.15) is 5.10 Å². The Balaban J connectivity index is 1.88. The molecule has 0 aliphatic carbocycles. The van der Waals surface area contributed by atoms with Crippen LogP contribution in [0.3, 0.4) is 0 Å². The fourth-order valence-electron chi connectivity index (χ4n) is 2.32. The summed E-state index contributed by atoms with van der Waals surface area (Å²) in [7, 11) is 0. The van der Waals surface area contributed by atoms with Gasteiger partial charge in [0.05, 0.1) is 6.20 Å². The van der Waals surface area contributed by atoms with Crippen LogP contribution in [0.4, 0.5) is 5.69 Å². The van der Waals surface area contributed by atoms with Crippen LogP contribution in [-0.4, -0.2) is 24.1 Å². The van der Waals surface area contributed by atoms with Gasteiger partial charge in [0.1, 0.15) is 11.6 Å². The van der Waals surface area contributed by atoms with Gasteiger partial charge >= 0.3 is 0 Å². The molecule has 0 radical (unpaired) electrons. The minimum Gasteiger partial charge on any atom is -0.399 e. The number of anilines is 1. The molecule has 0 fully saturated rings. The minimum atomic E-state index is 0.709. The first-order valence-corrected chi connectivity index (χ1v) is 6.51. The zero-order chi connectivity index (χ0) is 14.2. The van der Waals surface area contributed by atoms with Crippen molar-refractivity contribution in [2.45, 2.75) is 0 Å². The number of hydrogen-bond acceptors (Lipinski definition) is 4. The molecule has 0 amide bonds. The average molecular weight is 276 g/mol. The van der Waals surface area contributed by atoms with E-state index in [0.29, 0.717) is 5.69 Å². The molecule has 0 saturated heterocycles. The van der Waals surface area contributed by atoms with E-state index in [4.69, 9.17) is 5.73 Å². The van der Waals surface area contributed by atoms with Crippen LogP contribution in [0, 0.1) is 0 Å². The highest BCUT2D eigenvalue weighted by Crippen LogP contribution is 2.22. The number of nitrogens with zero attached hydrogens (tertiary/aromatic N) is 5. The van der Waals surface area contributed by atoms with Gasteiger partial charge in [-0.15, -0.1) is 0 Å². The van der Waals surface area contributed by atoms with Crippen LogP contribution in [0.25, 0.3) is 22.9 Å². The highest BCUT2D eigenvalue weighted by atomic mass is 15.3. The third kappa shape index (κ3) is 1.93. The Morgan fingerprint density at radius 1 is 1.00 bits per heavy atom. The largest absolute Gasteiger partial charge is 0.399 e. The summed E-state index contributed by atoms with van der Waals surface area (Å²) >= 11 is 0. The number of nitrogens with two attached hydrogens (primary N) is 1. The van der Waals surface area contributed by atoms with Gasteiger partial charge in [0.15, 0.2) is 5.65 Å². The quantitative estimate of drug-likeness (QED) is 0.569. The molecule has 4 rings (SSSR count). The van der Waals surface area contributed by atoms with Crippen molar-refractivity contribution >= 4 is 11.3 Å². The summed E-state index contributed by atoms with van der Waals surface area (Å²) in [5.74, 6) is 1.59. The molecule has 0 saturated carbocycles. The summed E-state index contributed by atoms with van der Waals surface area (Å²) in [4.78, 5) is 9.00. The van der Waals surface area contributed by atoms with E-state index in [1.54, 1.807) is 16.9 Å². The monoisotopic (exact) mass is 276 g/mol. The third-order valence-electron chi connectivity index (χ3n) is 3.28. The molecule has 1 aromatic carbocycles. The van der Waals surface area contributed by atoms with Crippen molar-refractivity contribution < 1.29 is 0 Å². The molecular weight excluding hydrogens is 264 g/mol. The minimum absolute atomic E-state index is 0.709. The number of imidazole rings is 1. The Labute approximate surface area is 120 Å². The molecule has 3 heterocycles. The summed E-state index contributed by atoms with van der Waals surface area (Å²) in [6.45, 7) is 0. The molecule has 2 N–H and O–H groups in total. The molecule has 21 heavy (non-hydrogen) atoms. The first kappa shape index (κ1) is 11.7. The standard InChI is InChI=1S/C15H12N6/c16-12-3-1-2-11(10-12)15-17-7-9-20(15)13-5-8-21-14(19-13)4-6-18-21/h1-10H,16H2. The second-order valence-electron chi connectivity index (χ2n) is 4.67. The molecule has 102 valence electrons. The van der Waals surface area contributed by atoms with E-state index in [9.17, 15) is 0 Å². The van der Waals surface area contributed by atoms with Crippen molar-refractivity contribution in [2.75, 3.05) is 5.73 Å². The van der Waals surface area contributed by atoms with E-state index >= 15 is 0 Å². The Bertz CT molecular complexity index is 920. The Kier molecular flexibility index (Phi) is 2.47. The summed E-state index contributed by atoms with van der Waals surface area (Å²) in [5, 5.41) is 4.15. The fraction of sp³-hybridized carbons (Fsp3) is 0. The summed E-state index contributed by atoms with van der Waals surface area (Å²) in [5.41, 5.74) is 8.30. The lowest BCUT2D eigenvalue weighted by Gasteiger charge is -2.08. The Hall–Kier alpha value is -3.15. The molecule has 0 aliphatic heterocycles. The first-order chi connectivity index (χ1) is 10.3. The third-order valence-corrected chi connectivity index (χ3v) is 3.28. The van der Waals surface area contributed by atoms with E-state index in [1.165, 1.54) is 0 Å². The van der Waals surface area contributed by atoms with E-state index < -0.39 is 0 Å². The van der Waals surface area contributed by atoms with Crippen LogP contribution in [0.2, 0.25) is 0 Å². The number of benzene rings is 1. The molecule has 0 bridgehead atoms. The molecule has 6 heteroatoms. The summed E-state index contributed by atoms with van der Waals surface area (Å²) < 4.78 is 3.66. The molecule has 0 spiro atoms. The van der Waals surface area contributed by atoms with Crippen molar-refractivity contribution in [3.05, 3.63) is 61.2 Å². The lowest BCUT2D eigenvalue weighted by molar-refractivity contribution is 0.912. The van der Waals surface area contributed by atoms with Gasteiger partial charge in [-0.25, -0.2) is 14.5 Å². The number of aromatic nitrogens is 5. The smallest absolute Gasteiger partial charge is 0.157 e. The maximum absolute atomic E-state index is 5.85. The van der Waals surface area contributed by atoms with Crippen LogP contribution in [0.15, 0.2) is 61.2 Å². The van der Waals surface area contributed by atoms with E-state index in [1.807, 2.05) is 53.4 Å². The highest BCUT2D eigenvalue weighted by Gasteiger charge is 2.09. The summed E-state index contributed by atoms with van der Waals surface area (Å²) in [6.07, 6.45) is 7.23. The van der Waals surface area contributed by atoms with Crippen molar-refractivity contribution in [3.8, 4) is 17.2 Å². The van der Waals surface area contributed by atoms with Crippen LogP contribution < -0.4 is 5.73 Å². The van der Waals surface area contributed by atoms with Crippen LogP contribution in [-0.2, 0) is 0 Å². The van der Waals surface area contributed by atoms with E-state index in [0.717, 1.165) is 22.9 Å². The van der Waals surface area contributed by atoms with Crippen molar-refractivity contribution in [1.29, 1.82) is 0 Å². The van der Waals surface area contributed by atoms with Crippen LogP contribution in [0.1, 0.15) is 0 Å². The molecule has 6 nitrogen and oxygen atoms in total. The van der Waals surface area contributed by atoms with Crippen LogP contribution >= 0.6 is 0 Å². The lowest BCUT2D eigenvalue weighted by Crippen LogP contribution is -2.01. The molecule has 0 aliphatic rings. The maximum atomic E-state index is 5.85. The zero-order valence-corrected chi connectivity index (χ0v) is 11.1.